The van der Waals surface area contributed by atoms with E-state index in [4.69, 9.17) is 21.1 Å². The molecule has 0 bridgehead atoms. The van der Waals surface area contributed by atoms with Crippen LogP contribution in [0.2, 0.25) is 5.02 Å². The molecule has 0 saturated carbocycles. The number of ether oxygens (including phenoxy) is 2. The summed E-state index contributed by atoms with van der Waals surface area (Å²) in [6.45, 7) is 1.41. The fraction of sp³-hybridized carbons (Fsp3) is 0.263. The predicted octanol–water partition coefficient (Wildman–Crippen LogP) is 4.16. The number of hydrogen-bond acceptors (Lipinski definition) is 6. The van der Waals surface area contributed by atoms with Crippen LogP contribution in [0.15, 0.2) is 36.7 Å². The topological polar surface area (TPSA) is 68.3 Å². The van der Waals surface area contributed by atoms with Gasteiger partial charge in [0.1, 0.15) is 18.0 Å². The average Bonchev–Trinajstić information content (AvgIpc) is 2.67. The summed E-state index contributed by atoms with van der Waals surface area (Å²) in [4.78, 5) is 8.52. The Labute approximate surface area is 161 Å². The number of rotatable bonds is 8. The summed E-state index contributed by atoms with van der Waals surface area (Å²) in [6, 6.07) is 7.97. The van der Waals surface area contributed by atoms with Gasteiger partial charge in [-0.3, -0.25) is 0 Å². The molecule has 3 rings (SSSR count). The first kappa shape index (κ1) is 19.1. The van der Waals surface area contributed by atoms with E-state index < -0.39 is 5.82 Å². The normalized spacial score (nSPS) is 10.8. The van der Waals surface area contributed by atoms with E-state index in [1.54, 1.807) is 31.4 Å². The molecule has 0 aliphatic carbocycles. The fourth-order valence-electron chi connectivity index (χ4n) is 2.59. The maximum Gasteiger partial charge on any atom is 0.163 e. The van der Waals surface area contributed by atoms with Gasteiger partial charge in [-0.15, -0.1) is 0 Å². The van der Waals surface area contributed by atoms with Crippen LogP contribution in [-0.4, -0.2) is 37.3 Å². The standard InChI is InChI=1S/C19H20ClFN4O2/c1-22-6-3-7-27-18-10-16-13(9-17(18)26-2)19(24-11-23-16)25-15-5-4-12(20)8-14(15)21/h4-5,8-11,22H,3,6-7H2,1-2H3,(H,23,24,25). The van der Waals surface area contributed by atoms with Crippen LogP contribution in [0.4, 0.5) is 15.9 Å². The lowest BCUT2D eigenvalue weighted by Crippen LogP contribution is -2.11. The van der Waals surface area contributed by atoms with Crippen molar-refractivity contribution in [1.29, 1.82) is 0 Å². The number of anilines is 2. The number of aromatic nitrogens is 2. The fourth-order valence-corrected chi connectivity index (χ4v) is 2.74. The van der Waals surface area contributed by atoms with E-state index in [0.29, 0.717) is 39.8 Å². The molecule has 0 aliphatic rings. The molecule has 1 aromatic heterocycles. The lowest BCUT2D eigenvalue weighted by molar-refractivity contribution is 0.289. The number of halogens is 2. The second kappa shape index (κ2) is 8.83. The van der Waals surface area contributed by atoms with Gasteiger partial charge in [-0.2, -0.15) is 0 Å². The summed E-state index contributed by atoms with van der Waals surface area (Å²) in [5.74, 6) is 1.15. The van der Waals surface area contributed by atoms with Crippen molar-refractivity contribution < 1.29 is 13.9 Å². The molecule has 0 unspecified atom stereocenters. The molecule has 6 nitrogen and oxygen atoms in total. The SMILES string of the molecule is CNCCCOc1cc2ncnc(Nc3ccc(Cl)cc3F)c2cc1OC. The predicted molar refractivity (Wildman–Crippen MR) is 105 cm³/mol. The van der Waals surface area contributed by atoms with Gasteiger partial charge in [0.15, 0.2) is 11.5 Å². The first-order valence-electron chi connectivity index (χ1n) is 8.44. The first-order valence-corrected chi connectivity index (χ1v) is 8.82. The minimum absolute atomic E-state index is 0.269. The van der Waals surface area contributed by atoms with Crippen molar-refractivity contribution in [2.75, 3.05) is 32.6 Å². The van der Waals surface area contributed by atoms with E-state index in [1.807, 2.05) is 7.05 Å². The molecule has 0 amide bonds. The highest BCUT2D eigenvalue weighted by Crippen LogP contribution is 2.35. The summed E-state index contributed by atoms with van der Waals surface area (Å²) in [7, 11) is 3.46. The molecule has 8 heteroatoms. The monoisotopic (exact) mass is 390 g/mol. The van der Waals surface area contributed by atoms with Crippen LogP contribution in [0, 0.1) is 5.82 Å². The minimum atomic E-state index is -0.467. The summed E-state index contributed by atoms with van der Waals surface area (Å²) in [6.07, 6.45) is 2.28. The van der Waals surface area contributed by atoms with Crippen molar-refractivity contribution >= 4 is 34.0 Å². The molecule has 0 radical (unpaired) electrons. The molecule has 0 aliphatic heterocycles. The summed E-state index contributed by atoms with van der Waals surface area (Å²) < 4.78 is 25.4. The minimum Gasteiger partial charge on any atom is -0.493 e. The van der Waals surface area contributed by atoms with Gasteiger partial charge in [0.05, 0.1) is 24.9 Å². The van der Waals surface area contributed by atoms with Gasteiger partial charge in [-0.1, -0.05) is 11.6 Å². The number of benzene rings is 2. The molecule has 0 fully saturated rings. The van der Waals surface area contributed by atoms with Crippen LogP contribution < -0.4 is 20.1 Å². The molecule has 2 aromatic carbocycles. The van der Waals surface area contributed by atoms with Gasteiger partial charge in [-0.05, 0) is 44.3 Å². The zero-order valence-electron chi connectivity index (χ0n) is 15.1. The van der Waals surface area contributed by atoms with E-state index in [1.165, 1.54) is 12.4 Å². The summed E-state index contributed by atoms with van der Waals surface area (Å²) in [5.41, 5.74) is 0.928. The Morgan fingerprint density at radius 2 is 2.00 bits per heavy atom. The first-order chi connectivity index (χ1) is 13.1. The zero-order valence-corrected chi connectivity index (χ0v) is 15.8. The van der Waals surface area contributed by atoms with Crippen molar-refractivity contribution in [2.24, 2.45) is 0 Å². The number of nitrogens with one attached hydrogen (secondary N) is 2. The number of fused-ring (bicyclic) bond motifs is 1. The van der Waals surface area contributed by atoms with Crippen molar-refractivity contribution in [1.82, 2.24) is 15.3 Å². The molecular weight excluding hydrogens is 371 g/mol. The van der Waals surface area contributed by atoms with Gasteiger partial charge >= 0.3 is 0 Å². The smallest absolute Gasteiger partial charge is 0.163 e. The average molecular weight is 391 g/mol. The van der Waals surface area contributed by atoms with Gasteiger partial charge in [-0.25, -0.2) is 14.4 Å². The maximum absolute atomic E-state index is 14.1. The van der Waals surface area contributed by atoms with Crippen LogP contribution in [0.3, 0.4) is 0 Å². The lowest BCUT2D eigenvalue weighted by atomic mass is 10.2. The van der Waals surface area contributed by atoms with Crippen LogP contribution in [-0.2, 0) is 0 Å². The molecule has 2 N–H and O–H groups in total. The van der Waals surface area contributed by atoms with Gasteiger partial charge in [0.25, 0.3) is 0 Å². The third-order valence-electron chi connectivity index (χ3n) is 3.93. The summed E-state index contributed by atoms with van der Waals surface area (Å²) in [5, 5.41) is 7.07. The van der Waals surface area contributed by atoms with Crippen LogP contribution >= 0.6 is 11.6 Å². The Morgan fingerprint density at radius 3 is 2.74 bits per heavy atom. The Bertz CT molecular complexity index is 939. The summed E-state index contributed by atoms with van der Waals surface area (Å²) >= 11 is 5.81. The highest BCUT2D eigenvalue weighted by molar-refractivity contribution is 6.30. The Kier molecular flexibility index (Phi) is 6.26. The maximum atomic E-state index is 14.1. The molecule has 142 valence electrons. The second-order valence-electron chi connectivity index (χ2n) is 5.80. The van der Waals surface area contributed by atoms with Crippen molar-refractivity contribution in [3.8, 4) is 11.5 Å². The van der Waals surface area contributed by atoms with Crippen molar-refractivity contribution in [3.63, 3.8) is 0 Å². The third kappa shape index (κ3) is 4.56. The molecule has 0 spiro atoms. The molecular formula is C19H20ClFN4O2. The number of nitrogens with zero attached hydrogens (tertiary/aromatic N) is 2. The van der Waals surface area contributed by atoms with Gasteiger partial charge < -0.3 is 20.1 Å². The second-order valence-corrected chi connectivity index (χ2v) is 6.23. The van der Waals surface area contributed by atoms with Gasteiger partial charge in [0, 0.05) is 16.5 Å². The third-order valence-corrected chi connectivity index (χ3v) is 4.17. The molecule has 0 atom stereocenters. The van der Waals surface area contributed by atoms with E-state index >= 15 is 0 Å². The van der Waals surface area contributed by atoms with E-state index in [0.717, 1.165) is 13.0 Å². The number of methoxy groups -OCH3 is 1. The molecule has 1 heterocycles. The molecule has 27 heavy (non-hydrogen) atoms. The molecule has 3 aromatic rings. The Balaban J connectivity index is 1.93. The van der Waals surface area contributed by atoms with E-state index in [9.17, 15) is 4.39 Å². The van der Waals surface area contributed by atoms with Crippen LogP contribution in [0.1, 0.15) is 6.42 Å². The van der Waals surface area contributed by atoms with Crippen molar-refractivity contribution in [3.05, 3.63) is 47.5 Å². The Morgan fingerprint density at radius 1 is 1.15 bits per heavy atom. The van der Waals surface area contributed by atoms with Crippen LogP contribution in [0.25, 0.3) is 10.9 Å². The highest BCUT2D eigenvalue weighted by atomic mass is 35.5. The largest absolute Gasteiger partial charge is 0.493 e. The lowest BCUT2D eigenvalue weighted by Gasteiger charge is -2.14. The number of hydrogen-bond donors (Lipinski definition) is 2. The quantitative estimate of drug-likeness (QED) is 0.563. The van der Waals surface area contributed by atoms with E-state index in [2.05, 4.69) is 20.6 Å². The Hall–Kier alpha value is -2.64. The van der Waals surface area contributed by atoms with Crippen molar-refractivity contribution in [2.45, 2.75) is 6.42 Å². The van der Waals surface area contributed by atoms with E-state index in [-0.39, 0.29) is 5.69 Å². The van der Waals surface area contributed by atoms with Crippen LogP contribution in [0.5, 0.6) is 11.5 Å². The molecule has 0 saturated heterocycles. The highest BCUT2D eigenvalue weighted by Gasteiger charge is 2.13. The van der Waals surface area contributed by atoms with Gasteiger partial charge in [0.2, 0.25) is 0 Å². The zero-order chi connectivity index (χ0) is 19.2.